The third-order valence-corrected chi connectivity index (χ3v) is 5.82. The second kappa shape index (κ2) is 10.1. The van der Waals surface area contributed by atoms with E-state index in [9.17, 15) is 18.0 Å². The summed E-state index contributed by atoms with van der Waals surface area (Å²) in [6.45, 7) is 5.77. The van der Waals surface area contributed by atoms with Gasteiger partial charge in [0.1, 0.15) is 11.6 Å². The number of ether oxygens (including phenoxy) is 2. The molecule has 0 unspecified atom stereocenters. The van der Waals surface area contributed by atoms with Gasteiger partial charge in [-0.3, -0.25) is 0 Å². The smallest absolute Gasteiger partial charge is 0.416 e. The summed E-state index contributed by atoms with van der Waals surface area (Å²) in [7, 11) is 1.46. The molecule has 1 fully saturated rings. The second-order valence-corrected chi connectivity index (χ2v) is 8.50. The molecule has 1 saturated heterocycles. The number of fused-ring (bicyclic) bond motifs is 1. The van der Waals surface area contributed by atoms with Gasteiger partial charge in [-0.15, -0.1) is 0 Å². The van der Waals surface area contributed by atoms with Gasteiger partial charge in [0.15, 0.2) is 11.5 Å². The van der Waals surface area contributed by atoms with Gasteiger partial charge in [0.05, 0.1) is 24.2 Å². The zero-order valence-electron chi connectivity index (χ0n) is 20.1. The molecule has 2 heterocycles. The summed E-state index contributed by atoms with van der Waals surface area (Å²) < 4.78 is 50.9. The molecule has 0 radical (unpaired) electrons. The molecule has 9 nitrogen and oxygen atoms in total. The van der Waals surface area contributed by atoms with E-state index < -0.39 is 23.9 Å². The van der Waals surface area contributed by atoms with Crippen LogP contribution in [-0.2, 0) is 6.18 Å². The molecule has 1 aromatic heterocycles. The number of rotatable bonds is 5. The summed E-state index contributed by atoms with van der Waals surface area (Å²) in [4.78, 5) is 23.2. The van der Waals surface area contributed by atoms with E-state index in [1.165, 1.54) is 13.2 Å². The van der Waals surface area contributed by atoms with E-state index >= 15 is 0 Å². The van der Waals surface area contributed by atoms with Gasteiger partial charge in [-0.1, -0.05) is 0 Å². The molecule has 0 aliphatic carbocycles. The van der Waals surface area contributed by atoms with E-state index in [1.54, 1.807) is 30.9 Å². The van der Waals surface area contributed by atoms with E-state index in [-0.39, 0.29) is 11.4 Å². The van der Waals surface area contributed by atoms with Crippen molar-refractivity contribution in [2.24, 2.45) is 0 Å². The molecule has 1 atom stereocenters. The average Bonchev–Trinajstić information content (AvgIpc) is 2.83. The number of benzene rings is 2. The van der Waals surface area contributed by atoms with Crippen LogP contribution in [0.25, 0.3) is 10.9 Å². The molecule has 1 aliphatic heterocycles. The number of piperazine rings is 1. The molecular formula is C24H27F3N6O3. The number of carbonyl (C=O) groups excluding carboxylic acids is 1. The van der Waals surface area contributed by atoms with E-state index in [1.807, 2.05) is 0 Å². The number of nitrogens with two attached hydrogens (primary N) is 1. The maximum absolute atomic E-state index is 13.3. The summed E-state index contributed by atoms with van der Waals surface area (Å²) >= 11 is 0. The Bertz CT molecular complexity index is 1280. The van der Waals surface area contributed by atoms with Gasteiger partial charge < -0.3 is 30.7 Å². The Morgan fingerprint density at radius 1 is 1.14 bits per heavy atom. The van der Waals surface area contributed by atoms with Crippen LogP contribution < -0.4 is 25.8 Å². The first-order valence-corrected chi connectivity index (χ1v) is 11.3. The van der Waals surface area contributed by atoms with Crippen LogP contribution in [0.2, 0.25) is 0 Å². The van der Waals surface area contributed by atoms with Crippen LogP contribution in [0.5, 0.6) is 11.5 Å². The lowest BCUT2D eigenvalue weighted by Crippen LogP contribution is -2.47. The zero-order valence-corrected chi connectivity index (χ0v) is 20.1. The lowest BCUT2D eigenvalue weighted by molar-refractivity contribution is -0.137. The predicted molar refractivity (Wildman–Crippen MR) is 129 cm³/mol. The van der Waals surface area contributed by atoms with Crippen LogP contribution in [0.4, 0.5) is 29.5 Å². The van der Waals surface area contributed by atoms with Crippen molar-refractivity contribution in [2.75, 3.05) is 44.3 Å². The Balaban J connectivity index is 1.69. The third-order valence-electron chi connectivity index (χ3n) is 5.82. The highest BCUT2D eigenvalue weighted by atomic mass is 19.4. The number of nitrogens with one attached hydrogen (secondary N) is 2. The van der Waals surface area contributed by atoms with Crippen molar-refractivity contribution in [3.05, 3.63) is 47.3 Å². The van der Waals surface area contributed by atoms with Crippen molar-refractivity contribution >= 4 is 28.5 Å². The fraction of sp³-hybridized carbons (Fsp3) is 0.375. The fourth-order valence-electron chi connectivity index (χ4n) is 3.99. The first-order chi connectivity index (χ1) is 17.0. The summed E-state index contributed by atoms with van der Waals surface area (Å²) in [5.74, 6) is 1.30. The maximum Gasteiger partial charge on any atom is 0.416 e. The number of aryl methyl sites for hydroxylation is 1. The van der Waals surface area contributed by atoms with E-state index in [4.69, 9.17) is 15.2 Å². The normalized spacial score (nSPS) is 15.0. The van der Waals surface area contributed by atoms with Gasteiger partial charge in [0, 0.05) is 43.3 Å². The third kappa shape index (κ3) is 5.54. The number of hydrogen-bond donors (Lipinski definition) is 3. The quantitative estimate of drug-likeness (QED) is 0.445. The van der Waals surface area contributed by atoms with Gasteiger partial charge >= 0.3 is 12.3 Å². The molecule has 2 aromatic carbocycles. The number of nitrogens with zero attached hydrogens (tertiary/aromatic N) is 3. The van der Waals surface area contributed by atoms with Crippen LogP contribution in [-0.4, -0.2) is 54.2 Å². The number of aromatic nitrogens is 2. The molecular weight excluding hydrogens is 477 g/mol. The van der Waals surface area contributed by atoms with Crippen LogP contribution in [0, 0.1) is 6.92 Å². The highest BCUT2D eigenvalue weighted by Crippen LogP contribution is 2.37. The molecule has 4 N–H and O–H groups in total. The molecule has 0 spiro atoms. The monoisotopic (exact) mass is 504 g/mol. The van der Waals surface area contributed by atoms with Gasteiger partial charge in [-0.25, -0.2) is 14.8 Å². The SMILES string of the molecule is COc1cc2nc(C)nc(N[C@H](C)c3cc(N)cc(C(F)(F)F)c3)c2cc1OC(=O)N1CCNCC1. The number of methoxy groups -OCH3 is 1. The number of halogens is 3. The molecule has 192 valence electrons. The minimum Gasteiger partial charge on any atom is -0.493 e. The van der Waals surface area contributed by atoms with Crippen molar-refractivity contribution in [3.8, 4) is 11.5 Å². The number of alkyl halides is 3. The van der Waals surface area contributed by atoms with Gasteiger partial charge in [0.25, 0.3) is 0 Å². The van der Waals surface area contributed by atoms with Crippen LogP contribution >= 0.6 is 0 Å². The first kappa shape index (κ1) is 25.3. The summed E-state index contributed by atoms with van der Waals surface area (Å²) in [6, 6.07) is 6.05. The lowest BCUT2D eigenvalue weighted by atomic mass is 10.0. The Morgan fingerprint density at radius 2 is 1.86 bits per heavy atom. The fourth-order valence-corrected chi connectivity index (χ4v) is 3.99. The number of amides is 1. The molecule has 1 aliphatic rings. The van der Waals surface area contributed by atoms with Crippen molar-refractivity contribution in [1.82, 2.24) is 20.2 Å². The van der Waals surface area contributed by atoms with Crippen LogP contribution in [0.15, 0.2) is 30.3 Å². The number of hydrogen-bond acceptors (Lipinski definition) is 8. The number of anilines is 2. The van der Waals surface area contributed by atoms with E-state index in [0.29, 0.717) is 60.0 Å². The van der Waals surface area contributed by atoms with Gasteiger partial charge in [-0.05, 0) is 43.7 Å². The summed E-state index contributed by atoms with van der Waals surface area (Å²) in [5, 5.41) is 6.84. The Morgan fingerprint density at radius 3 is 2.53 bits per heavy atom. The minimum atomic E-state index is -4.53. The van der Waals surface area contributed by atoms with Crippen molar-refractivity contribution in [3.63, 3.8) is 0 Å². The van der Waals surface area contributed by atoms with E-state index in [2.05, 4.69) is 20.6 Å². The lowest BCUT2D eigenvalue weighted by Gasteiger charge is -2.26. The zero-order chi connectivity index (χ0) is 26.0. The second-order valence-electron chi connectivity index (χ2n) is 8.50. The van der Waals surface area contributed by atoms with Crippen molar-refractivity contribution in [1.29, 1.82) is 0 Å². The minimum absolute atomic E-state index is 0.00375. The van der Waals surface area contributed by atoms with Crippen LogP contribution in [0.3, 0.4) is 0 Å². The average molecular weight is 505 g/mol. The number of carbonyl (C=O) groups is 1. The Labute approximate surface area is 205 Å². The van der Waals surface area contributed by atoms with Crippen molar-refractivity contribution < 1.29 is 27.4 Å². The van der Waals surface area contributed by atoms with Gasteiger partial charge in [0.2, 0.25) is 0 Å². The van der Waals surface area contributed by atoms with Crippen LogP contribution in [0.1, 0.15) is 29.9 Å². The van der Waals surface area contributed by atoms with Gasteiger partial charge in [-0.2, -0.15) is 13.2 Å². The number of nitrogen functional groups attached to an aromatic ring is 1. The maximum atomic E-state index is 13.3. The molecule has 3 aromatic rings. The Hall–Kier alpha value is -3.80. The molecule has 0 bridgehead atoms. The molecule has 0 saturated carbocycles. The Kier molecular flexibility index (Phi) is 7.07. The predicted octanol–water partition coefficient (Wildman–Crippen LogP) is 4.12. The summed E-state index contributed by atoms with van der Waals surface area (Å²) in [6.07, 6.45) is -5.04. The highest BCUT2D eigenvalue weighted by Gasteiger charge is 2.31. The standard InChI is InChI=1S/C24H27F3N6O3/c1-13(15-8-16(24(25,26)27)10-17(28)9-15)30-22-18-11-21(36-23(34)33-6-4-29-5-7-33)20(35-3)12-19(18)31-14(2)32-22/h8-13,29H,4-7,28H2,1-3H3,(H,30,31,32)/t13-/m1/s1. The van der Waals surface area contributed by atoms with E-state index in [0.717, 1.165) is 12.1 Å². The summed E-state index contributed by atoms with van der Waals surface area (Å²) in [5.41, 5.74) is 5.76. The largest absolute Gasteiger partial charge is 0.493 e. The topological polar surface area (TPSA) is 115 Å². The molecule has 4 rings (SSSR count). The van der Waals surface area contributed by atoms with Crippen molar-refractivity contribution in [2.45, 2.75) is 26.1 Å². The first-order valence-electron chi connectivity index (χ1n) is 11.3. The molecule has 12 heteroatoms. The highest BCUT2D eigenvalue weighted by molar-refractivity contribution is 5.92. The molecule has 1 amide bonds. The molecule has 36 heavy (non-hydrogen) atoms.